The lowest BCUT2D eigenvalue weighted by molar-refractivity contribution is 0.0996. The van der Waals surface area contributed by atoms with Gasteiger partial charge in [-0.3, -0.25) is 4.79 Å². The number of carbonyl (C=O) groups excluding carboxylic acids is 1. The molecule has 0 unspecified atom stereocenters. The van der Waals surface area contributed by atoms with E-state index in [0.29, 0.717) is 51.0 Å². The van der Waals surface area contributed by atoms with Gasteiger partial charge in [-0.1, -0.05) is 36.4 Å². The SMILES string of the molecule is N#Cc1cc2ncnc(Oc3ccccc3)c2[nH]1.NC(=O)c1cc2ncnc(Oc3ccccc3)c2[nH]1. The van der Waals surface area contributed by atoms with Crippen molar-refractivity contribution >= 4 is 28.0 Å². The maximum absolute atomic E-state index is 11.1. The molecule has 6 rings (SSSR count). The van der Waals surface area contributed by atoms with E-state index in [4.69, 9.17) is 20.5 Å². The van der Waals surface area contributed by atoms with Gasteiger partial charge in [-0.2, -0.15) is 15.2 Å². The molecule has 11 nitrogen and oxygen atoms in total. The monoisotopic (exact) mass is 490 g/mol. The number of para-hydroxylation sites is 2. The molecule has 2 aromatic carbocycles. The van der Waals surface area contributed by atoms with Crippen LogP contribution >= 0.6 is 0 Å². The minimum Gasteiger partial charge on any atom is -0.437 e. The largest absolute Gasteiger partial charge is 0.437 e. The van der Waals surface area contributed by atoms with Gasteiger partial charge in [-0.05, 0) is 30.3 Å². The van der Waals surface area contributed by atoms with Gasteiger partial charge in [0, 0.05) is 6.07 Å². The molecule has 0 spiro atoms. The summed E-state index contributed by atoms with van der Waals surface area (Å²) in [5, 5.41) is 8.85. The van der Waals surface area contributed by atoms with Gasteiger partial charge in [0.1, 0.15) is 52.6 Å². The number of nitrogens with zero attached hydrogens (tertiary/aromatic N) is 5. The van der Waals surface area contributed by atoms with E-state index < -0.39 is 5.91 Å². The lowest BCUT2D eigenvalue weighted by Gasteiger charge is -2.04. The van der Waals surface area contributed by atoms with Crippen molar-refractivity contribution in [3.63, 3.8) is 0 Å². The van der Waals surface area contributed by atoms with Crippen molar-refractivity contribution in [2.75, 3.05) is 0 Å². The topological polar surface area (TPSA) is 168 Å². The molecule has 1 amide bonds. The van der Waals surface area contributed by atoms with Crippen LogP contribution in [0.25, 0.3) is 22.1 Å². The number of nitrogens with two attached hydrogens (primary N) is 1. The van der Waals surface area contributed by atoms with Crippen molar-refractivity contribution in [2.24, 2.45) is 5.73 Å². The molecule has 4 N–H and O–H groups in total. The second-order valence-electron chi connectivity index (χ2n) is 7.55. The number of hydrogen-bond donors (Lipinski definition) is 3. The average molecular weight is 490 g/mol. The molecule has 180 valence electrons. The molecular formula is C26H18N8O3. The fourth-order valence-corrected chi connectivity index (χ4v) is 3.38. The third-order valence-corrected chi connectivity index (χ3v) is 5.07. The number of primary amides is 1. The van der Waals surface area contributed by atoms with Crippen LogP contribution < -0.4 is 15.2 Å². The molecule has 37 heavy (non-hydrogen) atoms. The smallest absolute Gasteiger partial charge is 0.265 e. The number of aromatic amines is 2. The first-order valence-corrected chi connectivity index (χ1v) is 10.9. The first-order valence-electron chi connectivity index (χ1n) is 10.9. The first-order chi connectivity index (χ1) is 18.1. The molecular weight excluding hydrogens is 472 g/mol. The van der Waals surface area contributed by atoms with Gasteiger partial charge in [0.2, 0.25) is 11.8 Å². The molecule has 11 heteroatoms. The van der Waals surface area contributed by atoms with Crippen LogP contribution in [0.1, 0.15) is 16.2 Å². The lowest BCUT2D eigenvalue weighted by Crippen LogP contribution is -2.10. The fourth-order valence-electron chi connectivity index (χ4n) is 3.38. The van der Waals surface area contributed by atoms with Crippen LogP contribution in [0.15, 0.2) is 85.5 Å². The lowest BCUT2D eigenvalue weighted by atomic mass is 10.3. The van der Waals surface area contributed by atoms with Gasteiger partial charge in [0.25, 0.3) is 5.91 Å². The zero-order valence-electron chi connectivity index (χ0n) is 19.1. The first kappa shape index (κ1) is 23.0. The van der Waals surface area contributed by atoms with Crippen molar-refractivity contribution in [3.05, 3.63) is 96.8 Å². The third-order valence-electron chi connectivity index (χ3n) is 5.07. The second kappa shape index (κ2) is 10.2. The van der Waals surface area contributed by atoms with Gasteiger partial charge < -0.3 is 25.2 Å². The van der Waals surface area contributed by atoms with Crippen molar-refractivity contribution in [2.45, 2.75) is 0 Å². The number of H-pyrrole nitrogens is 2. The van der Waals surface area contributed by atoms with E-state index in [2.05, 4.69) is 29.9 Å². The Morgan fingerprint density at radius 3 is 1.78 bits per heavy atom. The molecule has 0 aliphatic carbocycles. The molecule has 0 atom stereocenters. The Bertz CT molecular complexity index is 1720. The summed E-state index contributed by atoms with van der Waals surface area (Å²) < 4.78 is 11.3. The van der Waals surface area contributed by atoms with E-state index in [0.717, 1.165) is 0 Å². The standard InChI is InChI=1S/C13H10N4O2.C13H8N4O/c14-12(18)10-6-9-11(17-10)13(16-7-15-9)19-8-4-2-1-3-5-8;14-7-9-6-11-12(17-9)13(16-8-15-11)18-10-4-2-1-3-5-10/h1-7,17H,(H2,14,18);1-6,8,17H. The number of nitriles is 1. The van der Waals surface area contributed by atoms with Crippen molar-refractivity contribution in [3.8, 4) is 29.3 Å². The number of benzene rings is 2. The average Bonchev–Trinajstić information content (AvgIpc) is 3.56. The maximum atomic E-state index is 11.1. The van der Waals surface area contributed by atoms with Crippen molar-refractivity contribution in [1.29, 1.82) is 5.26 Å². The van der Waals surface area contributed by atoms with Gasteiger partial charge in [0.15, 0.2) is 0 Å². The van der Waals surface area contributed by atoms with E-state index >= 15 is 0 Å². The Labute approximate surface area is 209 Å². The molecule has 4 aromatic heterocycles. The van der Waals surface area contributed by atoms with Crippen molar-refractivity contribution in [1.82, 2.24) is 29.9 Å². The fraction of sp³-hybridized carbons (Fsp3) is 0. The molecule has 0 aliphatic heterocycles. The highest BCUT2D eigenvalue weighted by molar-refractivity contribution is 5.97. The van der Waals surface area contributed by atoms with E-state index in [1.54, 1.807) is 12.1 Å². The number of amides is 1. The number of rotatable bonds is 5. The summed E-state index contributed by atoms with van der Waals surface area (Å²) in [6.45, 7) is 0. The van der Waals surface area contributed by atoms with E-state index in [1.165, 1.54) is 12.7 Å². The number of nitrogens with one attached hydrogen (secondary N) is 2. The Kier molecular flexibility index (Phi) is 6.37. The highest BCUT2D eigenvalue weighted by Gasteiger charge is 2.12. The maximum Gasteiger partial charge on any atom is 0.265 e. The van der Waals surface area contributed by atoms with Crippen LogP contribution in [0.3, 0.4) is 0 Å². The Morgan fingerprint density at radius 1 is 0.757 bits per heavy atom. The van der Waals surface area contributed by atoms with Crippen LogP contribution in [-0.2, 0) is 0 Å². The number of fused-ring (bicyclic) bond motifs is 2. The number of aromatic nitrogens is 6. The predicted octanol–water partition coefficient (Wildman–Crippen LogP) is 4.47. The van der Waals surface area contributed by atoms with Gasteiger partial charge in [-0.25, -0.2) is 9.97 Å². The molecule has 0 bridgehead atoms. The third kappa shape index (κ3) is 5.18. The van der Waals surface area contributed by atoms with Gasteiger partial charge in [-0.15, -0.1) is 0 Å². The Hall–Kier alpha value is -5.76. The second-order valence-corrected chi connectivity index (χ2v) is 7.55. The van der Waals surface area contributed by atoms with Gasteiger partial charge in [0.05, 0.1) is 11.0 Å². The highest BCUT2D eigenvalue weighted by Crippen LogP contribution is 2.27. The van der Waals surface area contributed by atoms with Crippen LogP contribution in [0.5, 0.6) is 23.3 Å². The molecule has 0 fully saturated rings. The summed E-state index contributed by atoms with van der Waals surface area (Å²) in [5.41, 5.74) is 8.33. The number of carbonyl (C=O) groups is 1. The summed E-state index contributed by atoms with van der Waals surface area (Å²) >= 11 is 0. The molecule has 0 radical (unpaired) electrons. The number of ether oxygens (including phenoxy) is 2. The highest BCUT2D eigenvalue weighted by atomic mass is 16.5. The minimum atomic E-state index is -0.552. The zero-order valence-corrected chi connectivity index (χ0v) is 19.1. The predicted molar refractivity (Wildman–Crippen MR) is 134 cm³/mol. The van der Waals surface area contributed by atoms with E-state index in [1.807, 2.05) is 66.7 Å². The molecule has 0 saturated heterocycles. The summed E-state index contributed by atoms with van der Waals surface area (Å²) in [7, 11) is 0. The summed E-state index contributed by atoms with van der Waals surface area (Å²) in [6.07, 6.45) is 2.79. The molecule has 0 saturated carbocycles. The molecule has 0 aliphatic rings. The normalized spacial score (nSPS) is 10.4. The molecule has 4 heterocycles. The summed E-state index contributed by atoms with van der Waals surface area (Å²) in [6, 6.07) is 23.8. The van der Waals surface area contributed by atoms with E-state index in [-0.39, 0.29) is 5.69 Å². The van der Waals surface area contributed by atoms with Crippen LogP contribution in [0, 0.1) is 11.3 Å². The zero-order chi connectivity index (χ0) is 25.6. The van der Waals surface area contributed by atoms with Crippen molar-refractivity contribution < 1.29 is 14.3 Å². The number of hydrogen-bond acceptors (Lipinski definition) is 8. The van der Waals surface area contributed by atoms with Crippen LogP contribution in [0.2, 0.25) is 0 Å². The van der Waals surface area contributed by atoms with Crippen LogP contribution in [-0.4, -0.2) is 35.8 Å². The molecule has 6 aromatic rings. The Morgan fingerprint density at radius 2 is 1.27 bits per heavy atom. The van der Waals surface area contributed by atoms with Gasteiger partial charge >= 0.3 is 0 Å². The quantitative estimate of drug-likeness (QED) is 0.318. The minimum absolute atomic E-state index is 0.272. The van der Waals surface area contributed by atoms with Crippen LogP contribution in [0.4, 0.5) is 0 Å². The van der Waals surface area contributed by atoms with E-state index in [9.17, 15) is 4.79 Å². The summed E-state index contributed by atoms with van der Waals surface area (Å²) in [5.74, 6) is 1.54. The summed E-state index contributed by atoms with van der Waals surface area (Å²) in [4.78, 5) is 33.2. The Balaban J connectivity index is 0.000000152.